The van der Waals surface area contributed by atoms with Crippen molar-refractivity contribution in [3.05, 3.63) is 89.5 Å². The van der Waals surface area contributed by atoms with Crippen molar-refractivity contribution < 1.29 is 19.5 Å². The summed E-state index contributed by atoms with van der Waals surface area (Å²) in [6, 6.07) is 20.6. The molecule has 0 atom stereocenters. The first-order valence-electron chi connectivity index (χ1n) is 9.42. The fourth-order valence-corrected chi connectivity index (χ4v) is 2.88. The van der Waals surface area contributed by atoms with Crippen molar-refractivity contribution in [1.29, 1.82) is 0 Å². The highest BCUT2D eigenvalue weighted by Gasteiger charge is 2.13. The maximum atomic E-state index is 12.6. The van der Waals surface area contributed by atoms with Crippen molar-refractivity contribution in [2.24, 2.45) is 0 Å². The van der Waals surface area contributed by atoms with E-state index in [9.17, 15) is 14.7 Å². The largest absolute Gasteiger partial charge is 0.508 e. The summed E-state index contributed by atoms with van der Waals surface area (Å²) in [7, 11) is 1.45. The van der Waals surface area contributed by atoms with Crippen molar-refractivity contribution in [3.8, 4) is 5.75 Å². The maximum absolute atomic E-state index is 12.6. The molecule has 0 aliphatic carbocycles. The molecule has 0 saturated carbocycles. The van der Waals surface area contributed by atoms with Gasteiger partial charge in [0.2, 0.25) is 0 Å². The van der Waals surface area contributed by atoms with E-state index in [1.165, 1.54) is 13.2 Å². The second-order valence-electron chi connectivity index (χ2n) is 6.60. The van der Waals surface area contributed by atoms with Crippen LogP contribution in [0.5, 0.6) is 5.75 Å². The first kappa shape index (κ1) is 20.9. The van der Waals surface area contributed by atoms with Crippen LogP contribution in [0.4, 0.5) is 11.4 Å². The number of hydrogen-bond donors (Lipinski definition) is 4. The number of phenolic OH excluding ortho intramolecular Hbond substituents is 1. The number of hydrogen-bond acceptors (Lipinski definition) is 5. The number of para-hydroxylation sites is 1. The van der Waals surface area contributed by atoms with Gasteiger partial charge in [-0.25, -0.2) is 0 Å². The van der Waals surface area contributed by atoms with Gasteiger partial charge < -0.3 is 15.7 Å². The molecule has 0 aliphatic heterocycles. The van der Waals surface area contributed by atoms with Crippen LogP contribution in [0.2, 0.25) is 0 Å². The zero-order valence-corrected chi connectivity index (χ0v) is 16.5. The Kier molecular flexibility index (Phi) is 7.02. The molecule has 0 radical (unpaired) electrons. The summed E-state index contributed by atoms with van der Waals surface area (Å²) in [4.78, 5) is 30.2. The summed E-state index contributed by atoms with van der Waals surface area (Å²) in [5.41, 5.74) is 5.46. The van der Waals surface area contributed by atoms with E-state index in [-0.39, 0.29) is 17.6 Å². The zero-order valence-electron chi connectivity index (χ0n) is 16.5. The van der Waals surface area contributed by atoms with Crippen molar-refractivity contribution in [2.45, 2.75) is 6.42 Å². The molecule has 7 nitrogen and oxygen atoms in total. The van der Waals surface area contributed by atoms with Crippen LogP contribution in [0.3, 0.4) is 0 Å². The molecule has 154 valence electrons. The lowest BCUT2D eigenvalue weighted by atomic mass is 10.1. The van der Waals surface area contributed by atoms with E-state index in [0.717, 1.165) is 5.56 Å². The minimum absolute atomic E-state index is 0.201. The van der Waals surface area contributed by atoms with E-state index in [1.807, 2.05) is 18.2 Å². The number of nitrogens with one attached hydrogen (secondary N) is 3. The van der Waals surface area contributed by atoms with Crippen LogP contribution in [0, 0.1) is 0 Å². The normalized spacial score (nSPS) is 10.3. The van der Waals surface area contributed by atoms with Gasteiger partial charge in [-0.1, -0.05) is 30.3 Å². The molecule has 7 heteroatoms. The van der Waals surface area contributed by atoms with Crippen LogP contribution in [-0.2, 0) is 11.3 Å². The lowest BCUT2D eigenvalue weighted by molar-refractivity contribution is 0.0954. The Morgan fingerprint density at radius 2 is 1.53 bits per heavy atom. The maximum Gasteiger partial charge on any atom is 0.255 e. The van der Waals surface area contributed by atoms with Gasteiger partial charge in [-0.05, 0) is 54.4 Å². The quantitative estimate of drug-likeness (QED) is 0.429. The minimum Gasteiger partial charge on any atom is -0.508 e. The molecule has 0 aromatic heterocycles. The average Bonchev–Trinajstić information content (AvgIpc) is 2.76. The van der Waals surface area contributed by atoms with Gasteiger partial charge in [0.1, 0.15) is 5.75 Å². The molecule has 0 aliphatic rings. The summed E-state index contributed by atoms with van der Waals surface area (Å²) < 4.78 is 0. The third kappa shape index (κ3) is 5.83. The van der Waals surface area contributed by atoms with Gasteiger partial charge >= 0.3 is 0 Å². The number of rotatable bonds is 8. The number of benzene rings is 3. The van der Waals surface area contributed by atoms with E-state index in [0.29, 0.717) is 35.5 Å². The average molecular weight is 405 g/mol. The molecular weight excluding hydrogens is 382 g/mol. The van der Waals surface area contributed by atoms with Crippen molar-refractivity contribution in [1.82, 2.24) is 5.32 Å². The fraction of sp³-hybridized carbons (Fsp3) is 0.130. The number of aromatic hydroxyl groups is 1. The first-order chi connectivity index (χ1) is 14.5. The van der Waals surface area contributed by atoms with Gasteiger partial charge in [0.15, 0.2) is 0 Å². The van der Waals surface area contributed by atoms with Crippen LogP contribution < -0.4 is 16.1 Å². The van der Waals surface area contributed by atoms with E-state index in [1.54, 1.807) is 48.5 Å². The topological polar surface area (TPSA) is 99.7 Å². The molecule has 0 spiro atoms. The molecule has 0 bridgehead atoms. The van der Waals surface area contributed by atoms with Crippen LogP contribution in [0.25, 0.3) is 0 Å². The van der Waals surface area contributed by atoms with Gasteiger partial charge in [0, 0.05) is 23.4 Å². The molecule has 3 aromatic rings. The second kappa shape index (κ2) is 10.1. The predicted octanol–water partition coefficient (Wildman–Crippen LogP) is 3.59. The summed E-state index contributed by atoms with van der Waals surface area (Å²) in [6.07, 6.45) is 0.614. The molecule has 0 fully saturated rings. The Balaban J connectivity index is 1.70. The third-order valence-electron chi connectivity index (χ3n) is 4.34. The first-order valence-corrected chi connectivity index (χ1v) is 9.42. The monoisotopic (exact) mass is 405 g/mol. The number of carbonyl (C=O) groups excluding carboxylic acids is 2. The smallest absolute Gasteiger partial charge is 0.255 e. The molecule has 3 rings (SSSR count). The third-order valence-corrected chi connectivity index (χ3v) is 4.34. The summed E-state index contributed by atoms with van der Waals surface area (Å²) >= 11 is 0. The van der Waals surface area contributed by atoms with Gasteiger partial charge in [-0.2, -0.15) is 0 Å². The molecule has 0 saturated heterocycles. The van der Waals surface area contributed by atoms with E-state index in [4.69, 9.17) is 4.84 Å². The van der Waals surface area contributed by atoms with Crippen molar-refractivity contribution in [2.75, 3.05) is 24.5 Å². The lowest BCUT2D eigenvalue weighted by Gasteiger charge is -2.11. The highest BCUT2D eigenvalue weighted by atomic mass is 16.6. The molecule has 0 unspecified atom stereocenters. The van der Waals surface area contributed by atoms with Gasteiger partial charge in [-0.15, -0.1) is 0 Å². The number of carbonyl (C=O) groups is 2. The SMILES string of the molecule is CONc1cc(C(=O)NCCc2ccc(O)cc2)cc(C(=O)Nc2ccccc2)c1. The van der Waals surface area contributed by atoms with Crippen LogP contribution in [0.15, 0.2) is 72.8 Å². The lowest BCUT2D eigenvalue weighted by Crippen LogP contribution is -2.26. The molecule has 3 aromatic carbocycles. The minimum atomic E-state index is -0.334. The van der Waals surface area contributed by atoms with E-state index >= 15 is 0 Å². The fourth-order valence-electron chi connectivity index (χ4n) is 2.88. The number of amides is 2. The summed E-state index contributed by atoms with van der Waals surface area (Å²) in [6.45, 7) is 0.414. The second-order valence-corrected chi connectivity index (χ2v) is 6.60. The van der Waals surface area contributed by atoms with Crippen molar-refractivity contribution in [3.63, 3.8) is 0 Å². The Morgan fingerprint density at radius 1 is 0.867 bits per heavy atom. The van der Waals surface area contributed by atoms with E-state index in [2.05, 4.69) is 16.1 Å². The Hall–Kier alpha value is -3.84. The molecule has 4 N–H and O–H groups in total. The summed E-state index contributed by atoms with van der Waals surface area (Å²) in [5.74, 6) is -0.437. The molecule has 30 heavy (non-hydrogen) atoms. The van der Waals surface area contributed by atoms with Gasteiger partial charge in [0.25, 0.3) is 11.8 Å². The van der Waals surface area contributed by atoms with Crippen molar-refractivity contribution >= 4 is 23.2 Å². The molecular formula is C23H23N3O4. The van der Waals surface area contributed by atoms with Gasteiger partial charge in [-0.3, -0.25) is 19.9 Å². The van der Waals surface area contributed by atoms with Crippen LogP contribution in [-0.4, -0.2) is 30.6 Å². The molecule has 0 heterocycles. The van der Waals surface area contributed by atoms with Crippen LogP contribution in [0.1, 0.15) is 26.3 Å². The zero-order chi connectivity index (χ0) is 21.3. The number of anilines is 2. The number of phenols is 1. The van der Waals surface area contributed by atoms with E-state index < -0.39 is 0 Å². The standard InChI is InChI=1S/C23H23N3O4/c1-30-26-20-14-17(22(28)24-12-11-16-7-9-21(27)10-8-16)13-18(15-20)23(29)25-19-5-3-2-4-6-19/h2-10,13-15,26-27H,11-12H2,1H3,(H,24,28)(H,25,29). The highest BCUT2D eigenvalue weighted by molar-refractivity contribution is 6.07. The Labute approximate surface area is 174 Å². The molecule has 2 amide bonds. The Morgan fingerprint density at radius 3 is 2.20 bits per heavy atom. The Bertz CT molecular complexity index is 1000. The highest BCUT2D eigenvalue weighted by Crippen LogP contribution is 2.17. The summed E-state index contributed by atoms with van der Waals surface area (Å²) in [5, 5.41) is 15.0. The van der Waals surface area contributed by atoms with Gasteiger partial charge in [0.05, 0.1) is 12.8 Å². The van der Waals surface area contributed by atoms with Crippen LogP contribution >= 0.6 is 0 Å². The predicted molar refractivity (Wildman–Crippen MR) is 116 cm³/mol.